The van der Waals surface area contributed by atoms with Crippen LogP contribution in [0.1, 0.15) is 47.1 Å². The summed E-state index contributed by atoms with van der Waals surface area (Å²) in [5.74, 6) is 0.875. The van der Waals surface area contributed by atoms with Crippen molar-refractivity contribution in [3.63, 3.8) is 0 Å². The van der Waals surface area contributed by atoms with E-state index in [1.807, 2.05) is 0 Å². The second kappa shape index (κ2) is 6.97. The molecule has 0 aromatic heterocycles. The molecule has 2 aromatic rings. The van der Waals surface area contributed by atoms with Gasteiger partial charge in [-0.3, -0.25) is 4.90 Å². The molecule has 0 N–H and O–H groups in total. The van der Waals surface area contributed by atoms with Crippen LogP contribution in [0.2, 0.25) is 0 Å². The summed E-state index contributed by atoms with van der Waals surface area (Å²) < 4.78 is 39.2. The third-order valence-corrected chi connectivity index (χ3v) is 6.46. The standard InChI is InChI=1S/C23H26F3N/c1-3-27-14-21-19-10-8-18(23(24,25)26)13-17(19)7-9-20(21)22(27)12-16-6-4-5-15(2)11-16/h4-6,8,10-11,13,20-22H,3,7,9,12,14H2,1-2H3/t20?,21-,22-/m1/s1. The van der Waals surface area contributed by atoms with Gasteiger partial charge in [0.15, 0.2) is 0 Å². The number of aryl methyl sites for hydroxylation is 2. The lowest BCUT2D eigenvalue weighted by Gasteiger charge is -2.32. The maximum atomic E-state index is 13.1. The smallest absolute Gasteiger partial charge is 0.299 e. The zero-order valence-corrected chi connectivity index (χ0v) is 15.9. The summed E-state index contributed by atoms with van der Waals surface area (Å²) in [5.41, 5.74) is 4.17. The highest BCUT2D eigenvalue weighted by molar-refractivity contribution is 5.40. The van der Waals surface area contributed by atoms with Gasteiger partial charge in [0, 0.05) is 18.5 Å². The molecule has 1 fully saturated rings. The van der Waals surface area contributed by atoms with Gasteiger partial charge in [-0.05, 0) is 67.5 Å². The number of halogens is 3. The fourth-order valence-corrected chi connectivity index (χ4v) is 5.19. The highest BCUT2D eigenvalue weighted by Gasteiger charge is 2.44. The second-order valence-corrected chi connectivity index (χ2v) is 8.07. The molecule has 0 bridgehead atoms. The Morgan fingerprint density at radius 1 is 1.11 bits per heavy atom. The zero-order chi connectivity index (χ0) is 19.2. The second-order valence-electron chi connectivity index (χ2n) is 8.07. The molecule has 0 saturated carbocycles. The number of fused-ring (bicyclic) bond motifs is 3. The molecule has 4 heteroatoms. The van der Waals surface area contributed by atoms with Gasteiger partial charge >= 0.3 is 6.18 Å². The molecule has 0 radical (unpaired) electrons. The molecule has 1 heterocycles. The monoisotopic (exact) mass is 373 g/mol. The number of alkyl halides is 3. The van der Waals surface area contributed by atoms with Crippen LogP contribution < -0.4 is 0 Å². The van der Waals surface area contributed by atoms with Crippen LogP contribution in [0.25, 0.3) is 0 Å². The molecule has 2 aliphatic rings. The maximum absolute atomic E-state index is 13.1. The van der Waals surface area contributed by atoms with Gasteiger partial charge in [-0.1, -0.05) is 42.8 Å². The summed E-state index contributed by atoms with van der Waals surface area (Å²) in [4.78, 5) is 2.53. The van der Waals surface area contributed by atoms with Gasteiger partial charge in [-0.2, -0.15) is 13.2 Å². The molecule has 0 amide bonds. The molecule has 4 rings (SSSR count). The van der Waals surface area contributed by atoms with Crippen LogP contribution in [0.3, 0.4) is 0 Å². The molecule has 27 heavy (non-hydrogen) atoms. The summed E-state index contributed by atoms with van der Waals surface area (Å²) in [6.07, 6.45) is -1.51. The topological polar surface area (TPSA) is 3.24 Å². The van der Waals surface area contributed by atoms with Crippen LogP contribution in [-0.4, -0.2) is 24.0 Å². The highest BCUT2D eigenvalue weighted by Crippen LogP contribution is 2.46. The number of benzene rings is 2. The lowest BCUT2D eigenvalue weighted by atomic mass is 9.73. The minimum atomic E-state index is -4.26. The Kier molecular flexibility index (Phi) is 4.79. The van der Waals surface area contributed by atoms with E-state index in [2.05, 4.69) is 43.0 Å². The van der Waals surface area contributed by atoms with Crippen molar-refractivity contribution in [2.45, 2.75) is 51.2 Å². The van der Waals surface area contributed by atoms with Gasteiger partial charge < -0.3 is 0 Å². The van der Waals surface area contributed by atoms with Gasteiger partial charge in [0.25, 0.3) is 0 Å². The van der Waals surface area contributed by atoms with Crippen LogP contribution in [0, 0.1) is 12.8 Å². The Labute approximate surface area is 159 Å². The van der Waals surface area contributed by atoms with Crippen LogP contribution in [0.5, 0.6) is 0 Å². The molecular weight excluding hydrogens is 347 g/mol. The number of hydrogen-bond acceptors (Lipinski definition) is 1. The summed E-state index contributed by atoms with van der Waals surface area (Å²) in [7, 11) is 0. The molecule has 3 atom stereocenters. The zero-order valence-electron chi connectivity index (χ0n) is 15.9. The van der Waals surface area contributed by atoms with E-state index in [1.165, 1.54) is 23.3 Å². The number of hydrogen-bond donors (Lipinski definition) is 0. The van der Waals surface area contributed by atoms with Crippen molar-refractivity contribution in [3.8, 4) is 0 Å². The molecule has 2 aromatic carbocycles. The van der Waals surface area contributed by atoms with Crippen molar-refractivity contribution < 1.29 is 13.2 Å². The molecule has 1 aliphatic carbocycles. The number of rotatable bonds is 3. The minimum absolute atomic E-state index is 0.353. The highest BCUT2D eigenvalue weighted by atomic mass is 19.4. The van der Waals surface area contributed by atoms with Crippen LogP contribution in [0.15, 0.2) is 42.5 Å². The first kappa shape index (κ1) is 18.5. The van der Waals surface area contributed by atoms with Crippen molar-refractivity contribution in [3.05, 3.63) is 70.3 Å². The summed E-state index contributed by atoms with van der Waals surface area (Å²) in [6.45, 7) is 6.25. The van der Waals surface area contributed by atoms with Gasteiger partial charge in [0.05, 0.1) is 5.56 Å². The first-order valence-electron chi connectivity index (χ1n) is 9.86. The lowest BCUT2D eigenvalue weighted by molar-refractivity contribution is -0.137. The predicted octanol–water partition coefficient (Wildman–Crippen LogP) is 5.61. The third-order valence-electron chi connectivity index (χ3n) is 6.46. The minimum Gasteiger partial charge on any atom is -0.299 e. The van der Waals surface area contributed by atoms with Gasteiger partial charge in [-0.15, -0.1) is 0 Å². The first-order valence-corrected chi connectivity index (χ1v) is 9.86. The van der Waals surface area contributed by atoms with Crippen molar-refractivity contribution in [1.82, 2.24) is 4.90 Å². The van der Waals surface area contributed by atoms with E-state index < -0.39 is 11.7 Å². The van der Waals surface area contributed by atoms with E-state index in [9.17, 15) is 13.2 Å². The van der Waals surface area contributed by atoms with Gasteiger partial charge in [-0.25, -0.2) is 0 Å². The number of likely N-dealkylation sites (tertiary alicyclic amines) is 1. The van der Waals surface area contributed by atoms with Gasteiger partial charge in [0.2, 0.25) is 0 Å². The van der Waals surface area contributed by atoms with Crippen molar-refractivity contribution in [2.75, 3.05) is 13.1 Å². The molecule has 0 spiro atoms. The largest absolute Gasteiger partial charge is 0.416 e. The van der Waals surface area contributed by atoms with E-state index in [0.29, 0.717) is 17.9 Å². The van der Waals surface area contributed by atoms with Crippen LogP contribution >= 0.6 is 0 Å². The van der Waals surface area contributed by atoms with E-state index in [-0.39, 0.29) is 0 Å². The Morgan fingerprint density at radius 3 is 2.63 bits per heavy atom. The predicted molar refractivity (Wildman–Crippen MR) is 102 cm³/mol. The Balaban J connectivity index is 1.62. The molecule has 1 aliphatic heterocycles. The first-order chi connectivity index (χ1) is 12.9. The van der Waals surface area contributed by atoms with Crippen molar-refractivity contribution in [2.24, 2.45) is 5.92 Å². The quantitative estimate of drug-likeness (QED) is 0.676. The Morgan fingerprint density at radius 2 is 1.93 bits per heavy atom. The maximum Gasteiger partial charge on any atom is 0.416 e. The fourth-order valence-electron chi connectivity index (χ4n) is 5.19. The molecular formula is C23H26F3N. The summed E-state index contributed by atoms with van der Waals surface area (Å²) >= 11 is 0. The summed E-state index contributed by atoms with van der Waals surface area (Å²) in [6, 6.07) is 13.6. The van der Waals surface area contributed by atoms with Crippen molar-refractivity contribution >= 4 is 0 Å². The molecule has 144 valence electrons. The summed E-state index contributed by atoms with van der Waals surface area (Å²) in [5, 5.41) is 0. The van der Waals surface area contributed by atoms with Crippen LogP contribution in [-0.2, 0) is 19.0 Å². The van der Waals surface area contributed by atoms with E-state index in [4.69, 9.17) is 0 Å². The number of likely N-dealkylation sites (N-methyl/N-ethyl adjacent to an activating group) is 1. The average molecular weight is 373 g/mol. The normalized spacial score (nSPS) is 25.3. The van der Waals surface area contributed by atoms with Crippen molar-refractivity contribution in [1.29, 1.82) is 0 Å². The molecule has 1 unspecified atom stereocenters. The molecule has 1 saturated heterocycles. The Bertz CT molecular complexity index is 827. The van der Waals surface area contributed by atoms with E-state index in [0.717, 1.165) is 43.5 Å². The number of nitrogens with zero attached hydrogens (tertiary/aromatic N) is 1. The van der Waals surface area contributed by atoms with Crippen LogP contribution in [0.4, 0.5) is 13.2 Å². The lowest BCUT2D eigenvalue weighted by Crippen LogP contribution is -2.35. The molecule has 1 nitrogen and oxygen atoms in total. The third kappa shape index (κ3) is 3.52. The van der Waals surface area contributed by atoms with Gasteiger partial charge in [0.1, 0.15) is 0 Å². The van der Waals surface area contributed by atoms with E-state index >= 15 is 0 Å². The fraction of sp³-hybridized carbons (Fsp3) is 0.478. The van der Waals surface area contributed by atoms with E-state index in [1.54, 1.807) is 6.07 Å². The average Bonchev–Trinajstić information content (AvgIpc) is 2.98. The Hall–Kier alpha value is -1.81. The SMILES string of the molecule is CCN1C[C@@H]2c3ccc(C(F)(F)F)cc3CCC2[C@H]1Cc1cccc(C)c1.